The number of nitrogens with one attached hydrogen (secondary N) is 1. The first kappa shape index (κ1) is 14.6. The summed E-state index contributed by atoms with van der Waals surface area (Å²) in [4.78, 5) is 23.9. The molecule has 1 fully saturated rings. The molecule has 0 aromatic heterocycles. The van der Waals surface area contributed by atoms with Gasteiger partial charge >= 0.3 is 5.97 Å². The van der Waals surface area contributed by atoms with E-state index in [-0.39, 0.29) is 17.7 Å². The molecule has 2 aliphatic carbocycles. The number of benzene rings is 1. The number of rotatable bonds is 3. The highest BCUT2D eigenvalue weighted by Crippen LogP contribution is 2.48. The lowest BCUT2D eigenvalue weighted by atomic mass is 9.82. The van der Waals surface area contributed by atoms with Crippen LogP contribution in [0.1, 0.15) is 6.42 Å². The number of hydrogen-bond donors (Lipinski definition) is 2. The van der Waals surface area contributed by atoms with Gasteiger partial charge in [0.15, 0.2) is 0 Å². The van der Waals surface area contributed by atoms with Gasteiger partial charge in [-0.15, -0.1) is 0 Å². The first-order valence-corrected chi connectivity index (χ1v) is 7.82. The van der Waals surface area contributed by atoms with Gasteiger partial charge in [-0.25, -0.2) is 0 Å². The van der Waals surface area contributed by atoms with Crippen molar-refractivity contribution in [2.45, 2.75) is 6.42 Å². The molecule has 4 nitrogen and oxygen atoms in total. The van der Waals surface area contributed by atoms with Gasteiger partial charge in [0.05, 0.1) is 27.0 Å². The van der Waals surface area contributed by atoms with Gasteiger partial charge in [0.2, 0.25) is 5.91 Å². The molecular weight excluding hydrogens is 358 g/mol. The van der Waals surface area contributed by atoms with Crippen molar-refractivity contribution < 1.29 is 14.7 Å². The number of anilines is 1. The third-order valence-corrected chi connectivity index (χ3v) is 5.65. The van der Waals surface area contributed by atoms with E-state index in [4.69, 9.17) is 11.6 Å². The Labute approximate surface area is 135 Å². The summed E-state index contributed by atoms with van der Waals surface area (Å²) >= 11 is 9.32. The zero-order chi connectivity index (χ0) is 15.1. The van der Waals surface area contributed by atoms with Crippen molar-refractivity contribution in [1.29, 1.82) is 0 Å². The number of amides is 1. The fourth-order valence-corrected chi connectivity index (χ4v) is 3.87. The van der Waals surface area contributed by atoms with Crippen molar-refractivity contribution in [3.8, 4) is 0 Å². The minimum absolute atomic E-state index is 0.00839. The molecule has 2 aliphatic rings. The Bertz CT molecular complexity index is 646. The molecule has 21 heavy (non-hydrogen) atoms. The van der Waals surface area contributed by atoms with Crippen LogP contribution in [0.15, 0.2) is 34.8 Å². The maximum atomic E-state index is 12.5. The zero-order valence-corrected chi connectivity index (χ0v) is 13.3. The largest absolute Gasteiger partial charge is 0.481 e. The van der Waals surface area contributed by atoms with Crippen molar-refractivity contribution in [1.82, 2.24) is 0 Å². The molecule has 0 aliphatic heterocycles. The van der Waals surface area contributed by atoms with Crippen molar-refractivity contribution >= 4 is 45.1 Å². The first-order valence-electron chi connectivity index (χ1n) is 6.65. The lowest BCUT2D eigenvalue weighted by Gasteiger charge is -2.24. The third-order valence-electron chi connectivity index (χ3n) is 4.26. The number of hydrogen-bond acceptors (Lipinski definition) is 2. The molecule has 2 unspecified atom stereocenters. The molecule has 0 radical (unpaired) electrons. The highest BCUT2D eigenvalue weighted by molar-refractivity contribution is 9.10. The van der Waals surface area contributed by atoms with Gasteiger partial charge in [0.1, 0.15) is 0 Å². The summed E-state index contributed by atoms with van der Waals surface area (Å²) in [7, 11) is 0. The number of allylic oxidation sites excluding steroid dienone is 2. The maximum absolute atomic E-state index is 12.5. The van der Waals surface area contributed by atoms with E-state index in [1.165, 1.54) is 0 Å². The summed E-state index contributed by atoms with van der Waals surface area (Å²) in [6, 6.07) is 5.17. The topological polar surface area (TPSA) is 66.4 Å². The summed E-state index contributed by atoms with van der Waals surface area (Å²) in [5.41, 5.74) is 0.559. The average molecular weight is 371 g/mol. The van der Waals surface area contributed by atoms with E-state index < -0.39 is 17.8 Å². The Kier molecular flexibility index (Phi) is 3.80. The van der Waals surface area contributed by atoms with Gasteiger partial charge in [0, 0.05) is 0 Å². The van der Waals surface area contributed by atoms with Crippen LogP contribution in [0.25, 0.3) is 0 Å². The molecule has 2 N–H and O–H groups in total. The number of halogens is 2. The quantitative estimate of drug-likeness (QED) is 0.800. The van der Waals surface area contributed by atoms with Gasteiger partial charge in [-0.05, 0) is 46.3 Å². The van der Waals surface area contributed by atoms with Crippen molar-refractivity contribution in [2.24, 2.45) is 23.7 Å². The fraction of sp³-hybridized carbons (Fsp3) is 0.333. The molecule has 1 saturated carbocycles. The van der Waals surface area contributed by atoms with E-state index in [1.54, 1.807) is 18.2 Å². The highest BCUT2D eigenvalue weighted by Gasteiger charge is 2.51. The van der Waals surface area contributed by atoms with Crippen LogP contribution < -0.4 is 5.32 Å². The standard InChI is InChI=1S/C15H13BrClNO3/c16-13-9(17)2-1-3-10(13)18-14(19)11-7-4-5-8(6-7)12(11)15(20)21/h1-5,7-8,11-12H,6H2,(H,18,19)(H,20,21)/t7?,8?,11-,12+/m0/s1. The molecule has 1 aromatic rings. The van der Waals surface area contributed by atoms with Gasteiger partial charge < -0.3 is 10.4 Å². The molecule has 110 valence electrons. The van der Waals surface area contributed by atoms with Gasteiger partial charge in [0.25, 0.3) is 0 Å². The number of carbonyl (C=O) groups is 2. The fourth-order valence-electron chi connectivity index (χ4n) is 3.33. The predicted molar refractivity (Wildman–Crippen MR) is 83.1 cm³/mol. The Hall–Kier alpha value is -1.33. The molecular formula is C15H13BrClNO3. The molecule has 0 spiro atoms. The first-order chi connectivity index (χ1) is 9.99. The van der Waals surface area contributed by atoms with E-state index in [0.29, 0.717) is 15.2 Å². The predicted octanol–water partition coefficient (Wildman–Crippen LogP) is 3.56. The number of fused-ring (bicyclic) bond motifs is 2. The lowest BCUT2D eigenvalue weighted by molar-refractivity contribution is -0.146. The Morgan fingerprint density at radius 3 is 2.57 bits per heavy atom. The summed E-state index contributed by atoms with van der Waals surface area (Å²) in [6.07, 6.45) is 4.62. The Balaban J connectivity index is 1.84. The molecule has 0 saturated heterocycles. The number of carbonyl (C=O) groups excluding carboxylic acids is 1. The average Bonchev–Trinajstić information content (AvgIpc) is 3.04. The number of aliphatic carboxylic acids is 1. The van der Waals surface area contributed by atoms with Gasteiger partial charge in [-0.1, -0.05) is 29.8 Å². The van der Waals surface area contributed by atoms with Crippen LogP contribution in [-0.4, -0.2) is 17.0 Å². The SMILES string of the molecule is O=C(O)[C@@H]1C2C=CC(C2)[C@@H]1C(=O)Nc1cccc(Cl)c1Br. The maximum Gasteiger partial charge on any atom is 0.307 e. The van der Waals surface area contributed by atoms with E-state index in [9.17, 15) is 14.7 Å². The smallest absolute Gasteiger partial charge is 0.307 e. The third kappa shape index (κ3) is 2.49. The summed E-state index contributed by atoms with van der Waals surface area (Å²) < 4.78 is 0.602. The van der Waals surface area contributed by atoms with Crippen LogP contribution in [0, 0.1) is 23.7 Å². The molecule has 4 atom stereocenters. The minimum atomic E-state index is -0.905. The Morgan fingerprint density at radius 2 is 1.90 bits per heavy atom. The van der Waals surface area contributed by atoms with Gasteiger partial charge in [-0.2, -0.15) is 0 Å². The number of carboxylic acid groups (broad SMARTS) is 1. The van der Waals surface area contributed by atoms with Crippen molar-refractivity contribution in [3.63, 3.8) is 0 Å². The van der Waals surface area contributed by atoms with Crippen LogP contribution in [0.2, 0.25) is 5.02 Å². The Morgan fingerprint density at radius 1 is 1.24 bits per heavy atom. The van der Waals surface area contributed by atoms with Crippen LogP contribution >= 0.6 is 27.5 Å². The van der Waals surface area contributed by atoms with Gasteiger partial charge in [-0.3, -0.25) is 9.59 Å². The molecule has 0 heterocycles. The summed E-state index contributed by atoms with van der Waals surface area (Å²) in [5.74, 6) is -2.36. The van der Waals surface area contributed by atoms with Crippen LogP contribution in [-0.2, 0) is 9.59 Å². The molecule has 1 amide bonds. The van der Waals surface area contributed by atoms with E-state index in [0.717, 1.165) is 6.42 Å². The second kappa shape index (κ2) is 5.46. The van der Waals surface area contributed by atoms with Crippen LogP contribution in [0.5, 0.6) is 0 Å². The van der Waals surface area contributed by atoms with Crippen molar-refractivity contribution in [2.75, 3.05) is 5.32 Å². The van der Waals surface area contributed by atoms with E-state index >= 15 is 0 Å². The molecule has 1 aromatic carbocycles. The number of carboxylic acids is 1. The monoisotopic (exact) mass is 369 g/mol. The van der Waals surface area contributed by atoms with E-state index in [1.807, 2.05) is 12.2 Å². The van der Waals surface area contributed by atoms with Crippen molar-refractivity contribution in [3.05, 3.63) is 39.8 Å². The minimum Gasteiger partial charge on any atom is -0.481 e. The highest BCUT2D eigenvalue weighted by atomic mass is 79.9. The van der Waals surface area contributed by atoms with Crippen LogP contribution in [0.4, 0.5) is 5.69 Å². The summed E-state index contributed by atoms with van der Waals surface area (Å²) in [5, 5.41) is 12.7. The zero-order valence-electron chi connectivity index (χ0n) is 10.9. The van der Waals surface area contributed by atoms with E-state index in [2.05, 4.69) is 21.2 Å². The lowest BCUT2D eigenvalue weighted by Crippen LogP contribution is -2.36. The van der Waals surface area contributed by atoms with Crippen LogP contribution in [0.3, 0.4) is 0 Å². The molecule has 6 heteroatoms. The molecule has 3 rings (SSSR count). The molecule has 2 bridgehead atoms. The second-order valence-electron chi connectivity index (χ2n) is 5.43. The summed E-state index contributed by atoms with van der Waals surface area (Å²) in [6.45, 7) is 0. The second-order valence-corrected chi connectivity index (χ2v) is 6.63. The normalized spacial score (nSPS) is 29.6.